The first kappa shape index (κ1) is 47.3. The Labute approximate surface area is 457 Å². The lowest BCUT2D eigenvalue weighted by atomic mass is 9.33. The predicted molar refractivity (Wildman–Crippen MR) is 327 cm³/mol. The van der Waals surface area contributed by atoms with E-state index < -0.39 is 0 Å². The molecule has 1 fully saturated rings. The largest absolute Gasteiger partial charge is 0.456 e. The number of hydrogen-bond acceptors (Lipinski definition) is 4. The third-order valence-electron chi connectivity index (χ3n) is 21.1. The van der Waals surface area contributed by atoms with Crippen LogP contribution < -0.4 is 31.1 Å². The molecule has 8 aromatic carbocycles. The molecule has 0 radical (unpaired) electrons. The number of anilines is 8. The van der Waals surface area contributed by atoms with E-state index in [2.05, 4.69) is 242 Å². The maximum Gasteiger partial charge on any atom is 0.252 e. The second-order valence-corrected chi connectivity index (χ2v) is 27.3. The SMILES string of the molecule is CC1(C)CCC(C)(C)c2cc(N(c3ccc4c(c3)N(c3cccc5oc6ccccc6c35)c3cc(-c5ccccc5)cc5c3B4c3cccc4c3N5C3(C)CCCCC43C)c3ccc4c(c3)C(C)(C)CCC4(C)C)ccc21. The van der Waals surface area contributed by atoms with Gasteiger partial charge in [0.1, 0.15) is 11.2 Å². The summed E-state index contributed by atoms with van der Waals surface area (Å²) in [6, 6.07) is 61.5. The Bertz CT molecular complexity index is 3890. The number of rotatable bonds is 5. The molecule has 4 nitrogen and oxygen atoms in total. The molecule has 0 spiro atoms. The van der Waals surface area contributed by atoms with Crippen molar-refractivity contribution < 1.29 is 4.42 Å². The van der Waals surface area contributed by atoms with Gasteiger partial charge in [-0.05, 0) is 189 Å². The first-order chi connectivity index (χ1) is 36.9. The van der Waals surface area contributed by atoms with Gasteiger partial charge in [-0.15, -0.1) is 0 Å². The van der Waals surface area contributed by atoms with Gasteiger partial charge in [-0.3, -0.25) is 0 Å². The third kappa shape index (κ3) is 6.46. The minimum absolute atomic E-state index is 0.00517. The first-order valence-corrected chi connectivity index (χ1v) is 29.0. The first-order valence-electron chi connectivity index (χ1n) is 29.0. The number of benzene rings is 8. The Hall–Kier alpha value is -6.98. The summed E-state index contributed by atoms with van der Waals surface area (Å²) in [5.74, 6) is 0. The van der Waals surface area contributed by atoms with Crippen LogP contribution in [0.5, 0.6) is 0 Å². The number of para-hydroxylation sites is 2. The molecule has 3 aliphatic carbocycles. The van der Waals surface area contributed by atoms with Crippen LogP contribution in [0.4, 0.5) is 45.5 Å². The minimum atomic E-state index is -0.0920. The second kappa shape index (κ2) is 15.8. The fraction of sp³-hybridized carbons (Fsp3) is 0.333. The third-order valence-corrected chi connectivity index (χ3v) is 21.1. The highest BCUT2D eigenvalue weighted by atomic mass is 16.3. The minimum Gasteiger partial charge on any atom is -0.456 e. The molecule has 77 heavy (non-hydrogen) atoms. The van der Waals surface area contributed by atoms with E-state index in [0.717, 1.165) is 52.6 Å². The Morgan fingerprint density at radius 2 is 1.01 bits per heavy atom. The van der Waals surface area contributed by atoms with Gasteiger partial charge in [-0.2, -0.15) is 0 Å². The van der Waals surface area contributed by atoms with Crippen molar-refractivity contribution in [2.45, 2.75) is 153 Å². The molecule has 2 atom stereocenters. The van der Waals surface area contributed by atoms with Gasteiger partial charge >= 0.3 is 0 Å². The van der Waals surface area contributed by atoms with Crippen LogP contribution in [0.25, 0.3) is 33.1 Å². The van der Waals surface area contributed by atoms with Gasteiger partial charge in [0.25, 0.3) is 6.71 Å². The number of furan rings is 1. The summed E-state index contributed by atoms with van der Waals surface area (Å²) in [5, 5.41) is 2.27. The molecule has 4 heterocycles. The van der Waals surface area contributed by atoms with Crippen LogP contribution in [0.15, 0.2) is 162 Å². The van der Waals surface area contributed by atoms with Crippen LogP contribution in [0, 0.1) is 0 Å². The molecule has 0 N–H and O–H groups in total. The summed E-state index contributed by atoms with van der Waals surface area (Å²) in [5.41, 5.74) is 26.0. The summed E-state index contributed by atoms with van der Waals surface area (Å²) in [4.78, 5) is 8.13. The molecule has 0 amide bonds. The highest BCUT2D eigenvalue weighted by Crippen LogP contribution is 2.62. The summed E-state index contributed by atoms with van der Waals surface area (Å²) in [7, 11) is 0. The molecule has 9 aromatic rings. The Kier molecular flexibility index (Phi) is 9.72. The van der Waals surface area contributed by atoms with Gasteiger partial charge in [0.05, 0.1) is 16.6 Å². The van der Waals surface area contributed by atoms with Gasteiger partial charge in [-0.1, -0.05) is 166 Å². The summed E-state index contributed by atoms with van der Waals surface area (Å²) in [6.07, 6.45) is 9.52. The molecule has 5 heteroatoms. The lowest BCUT2D eigenvalue weighted by Gasteiger charge is -2.53. The molecular weight excluding hydrogens is 934 g/mol. The number of nitrogens with zero attached hydrogens (tertiary/aromatic N) is 3. The smallest absolute Gasteiger partial charge is 0.252 e. The number of hydrogen-bond donors (Lipinski definition) is 0. The monoisotopic (exact) mass is 1010 g/mol. The zero-order chi connectivity index (χ0) is 52.8. The lowest BCUT2D eigenvalue weighted by Crippen LogP contribution is -2.64. The average Bonchev–Trinajstić information content (AvgIpc) is 3.66. The highest BCUT2D eigenvalue weighted by Gasteiger charge is 2.61. The van der Waals surface area contributed by atoms with Crippen molar-refractivity contribution in [1.29, 1.82) is 0 Å². The van der Waals surface area contributed by atoms with Crippen molar-refractivity contribution in [3.05, 3.63) is 186 Å². The fourth-order valence-corrected chi connectivity index (χ4v) is 16.3. The molecule has 0 bridgehead atoms. The quantitative estimate of drug-likeness (QED) is 0.160. The summed E-state index contributed by atoms with van der Waals surface area (Å²) < 4.78 is 6.79. The average molecular weight is 1010 g/mol. The van der Waals surface area contributed by atoms with Crippen LogP contribution in [0.1, 0.15) is 148 Å². The zero-order valence-corrected chi connectivity index (χ0v) is 47.0. The van der Waals surface area contributed by atoms with Crippen molar-refractivity contribution in [1.82, 2.24) is 0 Å². The second-order valence-electron chi connectivity index (χ2n) is 27.3. The molecule has 3 aliphatic heterocycles. The standard InChI is InChI=1S/C72H72BN3O/c1-67(2)36-38-69(5,6)54-42-47(28-31-51(54)67)74(48-29-32-52-55(43-48)70(7,8)39-37-68(52,3)4)49-30-33-56-59(44-49)75(58-25-19-27-63-64(58)50-22-14-15-26-62(50)77-63)60-40-46(45-20-12-11-13-21-45)41-61-65(60)73(56)57-24-18-23-53-66(57)76(61)72(10)35-17-16-34-71(53,72)9/h11-15,18-33,40-44H,16-17,34-39H2,1-10H3. The van der Waals surface area contributed by atoms with E-state index in [4.69, 9.17) is 4.42 Å². The highest BCUT2D eigenvalue weighted by molar-refractivity contribution is 7.00. The molecule has 15 rings (SSSR count). The lowest BCUT2D eigenvalue weighted by molar-refractivity contribution is 0.195. The molecular formula is C72H72BN3O. The van der Waals surface area contributed by atoms with Gasteiger partial charge in [-0.25, -0.2) is 0 Å². The molecule has 1 aromatic heterocycles. The maximum absolute atomic E-state index is 6.79. The fourth-order valence-electron chi connectivity index (χ4n) is 16.3. The van der Waals surface area contributed by atoms with Crippen molar-refractivity contribution in [3.63, 3.8) is 0 Å². The van der Waals surface area contributed by atoms with Crippen molar-refractivity contribution in [2.24, 2.45) is 0 Å². The molecule has 2 unspecified atom stereocenters. The molecule has 1 saturated carbocycles. The summed E-state index contributed by atoms with van der Waals surface area (Å²) in [6.45, 7) is 24.8. The van der Waals surface area contributed by atoms with E-state index in [0.29, 0.717) is 0 Å². The van der Waals surface area contributed by atoms with E-state index in [-0.39, 0.29) is 39.3 Å². The van der Waals surface area contributed by atoms with Crippen LogP contribution in [0.3, 0.4) is 0 Å². The Balaban J connectivity index is 1.05. The van der Waals surface area contributed by atoms with Crippen molar-refractivity contribution in [2.75, 3.05) is 14.7 Å². The van der Waals surface area contributed by atoms with Gasteiger partial charge in [0.15, 0.2) is 0 Å². The topological polar surface area (TPSA) is 22.9 Å². The molecule has 0 saturated heterocycles. The number of fused-ring (bicyclic) bond motifs is 12. The zero-order valence-electron chi connectivity index (χ0n) is 47.0. The van der Waals surface area contributed by atoms with Crippen molar-refractivity contribution in [3.8, 4) is 11.1 Å². The van der Waals surface area contributed by atoms with Crippen LogP contribution in [-0.4, -0.2) is 12.3 Å². The molecule has 6 aliphatic rings. The van der Waals surface area contributed by atoms with E-state index >= 15 is 0 Å². The van der Waals surface area contributed by atoms with Crippen LogP contribution in [0.2, 0.25) is 0 Å². The Morgan fingerprint density at radius 1 is 0.429 bits per heavy atom. The maximum atomic E-state index is 6.79. The molecule has 384 valence electrons. The van der Waals surface area contributed by atoms with Crippen molar-refractivity contribution >= 4 is 90.5 Å². The predicted octanol–water partition coefficient (Wildman–Crippen LogP) is 17.8. The summed E-state index contributed by atoms with van der Waals surface area (Å²) >= 11 is 0. The van der Waals surface area contributed by atoms with Gasteiger partial charge < -0.3 is 19.1 Å². The van der Waals surface area contributed by atoms with Gasteiger partial charge in [0.2, 0.25) is 0 Å². The normalized spacial score (nSPS) is 22.4. The van der Waals surface area contributed by atoms with Gasteiger partial charge in [0, 0.05) is 50.6 Å². The van der Waals surface area contributed by atoms with E-state index in [1.54, 1.807) is 0 Å². The van der Waals surface area contributed by atoms with E-state index in [1.807, 2.05) is 0 Å². The van der Waals surface area contributed by atoms with Crippen LogP contribution in [-0.2, 0) is 27.1 Å². The van der Waals surface area contributed by atoms with E-state index in [1.165, 1.54) is 122 Å². The van der Waals surface area contributed by atoms with E-state index in [9.17, 15) is 0 Å². The van der Waals surface area contributed by atoms with Crippen LogP contribution >= 0.6 is 0 Å². The Morgan fingerprint density at radius 3 is 1.71 bits per heavy atom.